The molecule has 146 valence electrons. The van der Waals surface area contributed by atoms with Crippen molar-refractivity contribution in [3.8, 4) is 11.5 Å². The molecule has 0 aliphatic carbocycles. The molecule has 0 saturated heterocycles. The third-order valence-corrected chi connectivity index (χ3v) is 5.29. The van der Waals surface area contributed by atoms with E-state index in [4.69, 9.17) is 27.6 Å². The minimum atomic E-state index is -0.190. The first kappa shape index (κ1) is 18.7. The lowest BCUT2D eigenvalue weighted by atomic mass is 10.1. The number of aromatic nitrogens is 1. The van der Waals surface area contributed by atoms with E-state index in [0.29, 0.717) is 38.3 Å². The number of rotatable bonds is 3. The van der Waals surface area contributed by atoms with E-state index in [1.165, 1.54) is 0 Å². The molecule has 5 rings (SSSR count). The van der Waals surface area contributed by atoms with E-state index in [9.17, 15) is 4.79 Å². The largest absolute Gasteiger partial charge is 0.435 e. The fraction of sp³-hybridized carbons (Fsp3) is 0. The van der Waals surface area contributed by atoms with Crippen LogP contribution in [0.15, 0.2) is 83.3 Å². The molecule has 1 N–H and O–H groups in total. The van der Waals surface area contributed by atoms with Gasteiger partial charge in [0.15, 0.2) is 5.58 Å². The highest BCUT2D eigenvalue weighted by Gasteiger charge is 2.13. The van der Waals surface area contributed by atoms with Gasteiger partial charge in [-0.3, -0.25) is 4.79 Å². The Morgan fingerprint density at radius 2 is 1.70 bits per heavy atom. The molecule has 0 aliphatic rings. The number of hydrogen-bond acceptors (Lipinski definition) is 3. The summed E-state index contributed by atoms with van der Waals surface area (Å²) in [6, 6.07) is 24.2. The van der Waals surface area contributed by atoms with Crippen LogP contribution in [0.2, 0.25) is 10.0 Å². The van der Waals surface area contributed by atoms with Crippen LogP contribution >= 0.6 is 23.2 Å². The summed E-state index contributed by atoms with van der Waals surface area (Å²) in [6.07, 6.45) is 0. The van der Waals surface area contributed by atoms with Gasteiger partial charge in [0.1, 0.15) is 5.52 Å². The Hall–Kier alpha value is -3.34. The van der Waals surface area contributed by atoms with Gasteiger partial charge >= 0.3 is 0 Å². The molecule has 0 radical (unpaired) electrons. The Morgan fingerprint density at radius 1 is 0.867 bits per heavy atom. The lowest BCUT2D eigenvalue weighted by Crippen LogP contribution is -2.11. The summed E-state index contributed by atoms with van der Waals surface area (Å²) < 4.78 is 5.82. The summed E-state index contributed by atoms with van der Waals surface area (Å²) in [5.74, 6) is 0.210. The van der Waals surface area contributed by atoms with Crippen LogP contribution in [-0.2, 0) is 0 Å². The maximum atomic E-state index is 12.7. The van der Waals surface area contributed by atoms with Crippen LogP contribution in [0.3, 0.4) is 0 Å². The molecule has 4 nitrogen and oxygen atoms in total. The lowest BCUT2D eigenvalue weighted by molar-refractivity contribution is 0.102. The zero-order valence-corrected chi connectivity index (χ0v) is 17.0. The highest BCUT2D eigenvalue weighted by Crippen LogP contribution is 2.32. The highest BCUT2D eigenvalue weighted by atomic mass is 35.5. The average molecular weight is 433 g/mol. The maximum absolute atomic E-state index is 12.7. The second-order valence-electron chi connectivity index (χ2n) is 6.85. The van der Waals surface area contributed by atoms with E-state index in [1.807, 2.05) is 60.7 Å². The predicted octanol–water partition coefficient (Wildman–Crippen LogP) is 7.21. The number of carbonyl (C=O) groups is 1. The number of carbonyl (C=O) groups excluding carboxylic acids is 1. The van der Waals surface area contributed by atoms with E-state index in [1.54, 1.807) is 18.2 Å². The quantitative estimate of drug-likeness (QED) is 0.327. The normalized spacial score (nSPS) is 11.1. The van der Waals surface area contributed by atoms with Crippen molar-refractivity contribution in [3.05, 3.63) is 94.5 Å². The van der Waals surface area contributed by atoms with Crippen LogP contribution < -0.4 is 5.32 Å². The molecule has 0 fully saturated rings. The highest BCUT2D eigenvalue weighted by molar-refractivity contribution is 6.38. The summed E-state index contributed by atoms with van der Waals surface area (Å²) >= 11 is 12.2. The van der Waals surface area contributed by atoms with Gasteiger partial charge in [0.05, 0.1) is 5.02 Å². The predicted molar refractivity (Wildman–Crippen MR) is 121 cm³/mol. The first-order valence-corrected chi connectivity index (χ1v) is 9.98. The first-order valence-electron chi connectivity index (χ1n) is 9.23. The Morgan fingerprint density at radius 3 is 2.57 bits per heavy atom. The minimum absolute atomic E-state index is 0.190. The van der Waals surface area contributed by atoms with E-state index in [0.717, 1.165) is 16.3 Å². The van der Waals surface area contributed by atoms with Gasteiger partial charge in [-0.05, 0) is 53.2 Å². The Bertz CT molecular complexity index is 1430. The monoisotopic (exact) mass is 432 g/mol. The fourth-order valence-corrected chi connectivity index (χ4v) is 3.87. The number of benzene rings is 4. The molecule has 0 spiro atoms. The Kier molecular flexibility index (Phi) is 4.66. The zero-order valence-electron chi connectivity index (χ0n) is 15.5. The second-order valence-corrected chi connectivity index (χ2v) is 7.70. The molecule has 0 bridgehead atoms. The minimum Gasteiger partial charge on any atom is -0.435 e. The molecule has 1 amide bonds. The number of nitrogens with zero attached hydrogens (tertiary/aromatic N) is 1. The fourth-order valence-electron chi connectivity index (χ4n) is 3.35. The van der Waals surface area contributed by atoms with Gasteiger partial charge in [-0.2, -0.15) is 0 Å². The van der Waals surface area contributed by atoms with Crippen LogP contribution in [0.4, 0.5) is 5.69 Å². The molecule has 0 unspecified atom stereocenters. The van der Waals surface area contributed by atoms with E-state index < -0.39 is 0 Å². The van der Waals surface area contributed by atoms with Gasteiger partial charge in [0, 0.05) is 21.8 Å². The van der Waals surface area contributed by atoms with E-state index in [-0.39, 0.29) is 5.91 Å². The Labute approximate surface area is 182 Å². The van der Waals surface area contributed by atoms with Crippen LogP contribution in [0.25, 0.3) is 33.3 Å². The number of amides is 1. The third kappa shape index (κ3) is 3.52. The molecule has 0 saturated carbocycles. The van der Waals surface area contributed by atoms with Crippen molar-refractivity contribution in [1.29, 1.82) is 0 Å². The number of oxazole rings is 1. The smallest absolute Gasteiger partial charge is 0.255 e. The van der Waals surface area contributed by atoms with Gasteiger partial charge in [0.2, 0.25) is 5.89 Å². The average Bonchev–Trinajstić information content (AvgIpc) is 3.18. The summed E-state index contributed by atoms with van der Waals surface area (Å²) in [5.41, 5.74) is 2.99. The molecule has 30 heavy (non-hydrogen) atoms. The summed E-state index contributed by atoms with van der Waals surface area (Å²) in [4.78, 5) is 17.2. The molecular weight excluding hydrogens is 419 g/mol. The van der Waals surface area contributed by atoms with Crippen molar-refractivity contribution in [2.24, 2.45) is 0 Å². The van der Waals surface area contributed by atoms with Crippen molar-refractivity contribution >= 4 is 56.7 Å². The van der Waals surface area contributed by atoms with Crippen molar-refractivity contribution in [2.75, 3.05) is 5.32 Å². The Balaban J connectivity index is 1.44. The molecular formula is C24H14Cl2N2O2. The number of halogens is 2. The molecule has 0 atom stereocenters. The molecule has 1 aromatic heterocycles. The SMILES string of the molecule is O=C(Nc1cccc(-c2nc3cc(Cl)cc(Cl)c3o2)c1)c1ccc2ccccc2c1. The van der Waals surface area contributed by atoms with E-state index >= 15 is 0 Å². The van der Waals surface area contributed by atoms with Crippen molar-refractivity contribution < 1.29 is 9.21 Å². The first-order chi connectivity index (χ1) is 14.6. The van der Waals surface area contributed by atoms with Crippen LogP contribution in [0.1, 0.15) is 10.4 Å². The van der Waals surface area contributed by atoms with Gasteiger partial charge < -0.3 is 9.73 Å². The number of anilines is 1. The number of hydrogen-bond donors (Lipinski definition) is 1. The third-order valence-electron chi connectivity index (χ3n) is 4.79. The van der Waals surface area contributed by atoms with Crippen molar-refractivity contribution in [2.45, 2.75) is 0 Å². The van der Waals surface area contributed by atoms with Crippen LogP contribution in [0, 0.1) is 0 Å². The molecule has 0 aliphatic heterocycles. The molecule has 5 aromatic rings. The molecule has 1 heterocycles. The van der Waals surface area contributed by atoms with Crippen LogP contribution in [-0.4, -0.2) is 10.9 Å². The van der Waals surface area contributed by atoms with Gasteiger partial charge in [-0.1, -0.05) is 59.6 Å². The zero-order chi connectivity index (χ0) is 20.7. The van der Waals surface area contributed by atoms with Crippen molar-refractivity contribution in [3.63, 3.8) is 0 Å². The van der Waals surface area contributed by atoms with E-state index in [2.05, 4.69) is 10.3 Å². The topological polar surface area (TPSA) is 55.1 Å². The molecule has 4 aromatic carbocycles. The standard InChI is InChI=1S/C24H14Cl2N2O2/c25-18-12-20(26)22-21(13-18)28-24(30-22)17-6-3-7-19(11-17)27-23(29)16-9-8-14-4-1-2-5-15(14)10-16/h1-13H,(H,27,29). The number of fused-ring (bicyclic) bond motifs is 2. The maximum Gasteiger partial charge on any atom is 0.255 e. The van der Waals surface area contributed by atoms with Gasteiger partial charge in [-0.25, -0.2) is 4.98 Å². The summed E-state index contributed by atoms with van der Waals surface area (Å²) in [7, 11) is 0. The summed E-state index contributed by atoms with van der Waals surface area (Å²) in [6.45, 7) is 0. The van der Waals surface area contributed by atoms with Gasteiger partial charge in [0.25, 0.3) is 5.91 Å². The van der Waals surface area contributed by atoms with Crippen LogP contribution in [0.5, 0.6) is 0 Å². The van der Waals surface area contributed by atoms with Crippen molar-refractivity contribution in [1.82, 2.24) is 4.98 Å². The molecule has 6 heteroatoms. The number of nitrogens with one attached hydrogen (secondary N) is 1. The summed E-state index contributed by atoms with van der Waals surface area (Å²) in [5, 5.41) is 5.92. The lowest BCUT2D eigenvalue weighted by Gasteiger charge is -2.07. The second kappa shape index (κ2) is 7.48. The van der Waals surface area contributed by atoms with Gasteiger partial charge in [-0.15, -0.1) is 0 Å².